The summed E-state index contributed by atoms with van der Waals surface area (Å²) in [6.07, 6.45) is 0. The maximum atomic E-state index is 13.1. The summed E-state index contributed by atoms with van der Waals surface area (Å²) in [7, 11) is 0. The van der Waals surface area contributed by atoms with Crippen LogP contribution in [0, 0.1) is 5.82 Å². The monoisotopic (exact) mass is 496 g/mol. The van der Waals surface area contributed by atoms with Crippen molar-refractivity contribution in [2.45, 2.75) is 5.16 Å². The summed E-state index contributed by atoms with van der Waals surface area (Å²) in [6, 6.07) is 22.7. The molecule has 0 aliphatic heterocycles. The lowest BCUT2D eigenvalue weighted by Crippen LogP contribution is -2.21. The largest absolute Gasteiger partial charge is 0.455 e. The molecule has 7 nitrogen and oxygen atoms in total. The molecule has 0 aliphatic rings. The maximum Gasteiger partial charge on any atom is 0.316 e. The number of anilines is 1. The predicted octanol–water partition coefficient (Wildman–Crippen LogP) is 5.00. The van der Waals surface area contributed by atoms with Gasteiger partial charge in [0.05, 0.1) is 16.5 Å². The number of amides is 1. The smallest absolute Gasteiger partial charge is 0.316 e. The van der Waals surface area contributed by atoms with E-state index in [4.69, 9.17) is 16.3 Å². The van der Waals surface area contributed by atoms with E-state index in [-0.39, 0.29) is 16.5 Å². The summed E-state index contributed by atoms with van der Waals surface area (Å²) in [6.45, 7) is -0.506. The van der Waals surface area contributed by atoms with Gasteiger partial charge in [0.25, 0.3) is 5.91 Å². The average molecular weight is 497 g/mol. The van der Waals surface area contributed by atoms with Crippen LogP contribution >= 0.6 is 23.4 Å². The van der Waals surface area contributed by atoms with Crippen LogP contribution in [0.25, 0.3) is 17.1 Å². The minimum atomic E-state index is -0.603. The van der Waals surface area contributed by atoms with Gasteiger partial charge in [-0.3, -0.25) is 14.2 Å². The highest BCUT2D eigenvalue weighted by atomic mass is 35.5. The van der Waals surface area contributed by atoms with Gasteiger partial charge in [-0.25, -0.2) is 4.39 Å². The molecule has 0 atom stereocenters. The Balaban J connectivity index is 1.40. The van der Waals surface area contributed by atoms with E-state index in [0.29, 0.717) is 11.0 Å². The normalized spacial score (nSPS) is 10.6. The van der Waals surface area contributed by atoms with Crippen LogP contribution in [0.4, 0.5) is 10.1 Å². The minimum Gasteiger partial charge on any atom is -0.455 e. The summed E-state index contributed by atoms with van der Waals surface area (Å²) in [5, 5.41) is 11.6. The lowest BCUT2D eigenvalue weighted by atomic mass is 10.2. The van der Waals surface area contributed by atoms with Crippen LogP contribution in [0.15, 0.2) is 84.0 Å². The number of carbonyl (C=O) groups excluding carboxylic acids is 2. The van der Waals surface area contributed by atoms with E-state index in [2.05, 4.69) is 15.5 Å². The molecule has 0 fully saturated rings. The molecule has 1 aromatic heterocycles. The van der Waals surface area contributed by atoms with E-state index in [9.17, 15) is 14.0 Å². The fourth-order valence-corrected chi connectivity index (χ4v) is 4.00. The molecule has 4 rings (SSSR count). The van der Waals surface area contributed by atoms with Crippen molar-refractivity contribution in [3.05, 3.63) is 89.7 Å². The first-order valence-corrected chi connectivity index (χ1v) is 11.5. The van der Waals surface area contributed by atoms with Crippen molar-refractivity contribution in [2.24, 2.45) is 0 Å². The van der Waals surface area contributed by atoms with Crippen molar-refractivity contribution in [1.82, 2.24) is 14.8 Å². The molecular formula is C24H18ClFN4O3S. The van der Waals surface area contributed by atoms with Crippen molar-refractivity contribution in [3.63, 3.8) is 0 Å². The highest BCUT2D eigenvalue weighted by molar-refractivity contribution is 7.99. The molecular weight excluding hydrogens is 479 g/mol. The van der Waals surface area contributed by atoms with Gasteiger partial charge in [0, 0.05) is 11.3 Å². The van der Waals surface area contributed by atoms with Gasteiger partial charge in [0.15, 0.2) is 17.6 Å². The number of carbonyl (C=O) groups is 2. The lowest BCUT2D eigenvalue weighted by molar-refractivity contribution is -0.144. The van der Waals surface area contributed by atoms with E-state index < -0.39 is 24.3 Å². The number of thioether (sulfide) groups is 1. The molecule has 0 unspecified atom stereocenters. The molecule has 1 heterocycles. The Hall–Kier alpha value is -3.69. The number of esters is 1. The van der Waals surface area contributed by atoms with E-state index in [1.54, 1.807) is 0 Å². The summed E-state index contributed by atoms with van der Waals surface area (Å²) in [5.74, 6) is -1.16. The van der Waals surface area contributed by atoms with Crippen molar-refractivity contribution in [1.29, 1.82) is 0 Å². The van der Waals surface area contributed by atoms with Crippen LogP contribution in [-0.4, -0.2) is 39.0 Å². The molecule has 4 aromatic rings. The first-order chi connectivity index (χ1) is 16.5. The van der Waals surface area contributed by atoms with Crippen molar-refractivity contribution in [2.75, 3.05) is 17.7 Å². The van der Waals surface area contributed by atoms with Gasteiger partial charge >= 0.3 is 5.97 Å². The zero-order valence-corrected chi connectivity index (χ0v) is 19.2. The van der Waals surface area contributed by atoms with Crippen molar-refractivity contribution < 1.29 is 18.7 Å². The lowest BCUT2D eigenvalue weighted by Gasteiger charge is -2.10. The van der Waals surface area contributed by atoms with Gasteiger partial charge in [-0.1, -0.05) is 71.9 Å². The molecule has 0 saturated heterocycles. The predicted molar refractivity (Wildman–Crippen MR) is 129 cm³/mol. The molecule has 0 spiro atoms. The van der Waals surface area contributed by atoms with Crippen LogP contribution in [0.5, 0.6) is 0 Å². The van der Waals surface area contributed by atoms with Crippen molar-refractivity contribution >= 4 is 40.9 Å². The van der Waals surface area contributed by atoms with Crippen LogP contribution in [0.3, 0.4) is 0 Å². The number of halogens is 2. The van der Waals surface area contributed by atoms with E-state index in [0.717, 1.165) is 35.1 Å². The molecule has 172 valence electrons. The van der Waals surface area contributed by atoms with Gasteiger partial charge in [0.2, 0.25) is 0 Å². The molecule has 34 heavy (non-hydrogen) atoms. The third-order valence-corrected chi connectivity index (χ3v) is 5.78. The highest BCUT2D eigenvalue weighted by Gasteiger charge is 2.18. The number of benzene rings is 3. The number of para-hydroxylation sites is 1. The Kier molecular flexibility index (Phi) is 7.56. The van der Waals surface area contributed by atoms with Gasteiger partial charge in [-0.05, 0) is 30.3 Å². The fraction of sp³-hybridized carbons (Fsp3) is 0.0833. The molecule has 0 saturated carbocycles. The summed E-state index contributed by atoms with van der Waals surface area (Å²) in [4.78, 5) is 24.3. The number of aromatic nitrogens is 3. The second kappa shape index (κ2) is 11.0. The summed E-state index contributed by atoms with van der Waals surface area (Å²) >= 11 is 7.03. The Morgan fingerprint density at radius 3 is 2.41 bits per heavy atom. The minimum absolute atomic E-state index is 0.0460. The molecule has 10 heteroatoms. The zero-order chi connectivity index (χ0) is 23.9. The fourth-order valence-electron chi connectivity index (χ4n) is 3.04. The van der Waals surface area contributed by atoms with Crippen LogP contribution in [0.1, 0.15) is 0 Å². The van der Waals surface area contributed by atoms with Gasteiger partial charge in [0.1, 0.15) is 5.82 Å². The molecule has 0 radical (unpaired) electrons. The number of nitrogens with zero attached hydrogens (tertiary/aromatic N) is 3. The molecule has 0 bridgehead atoms. The van der Waals surface area contributed by atoms with Crippen LogP contribution in [0.2, 0.25) is 5.02 Å². The maximum absolute atomic E-state index is 13.1. The Labute approximate surface area is 203 Å². The third kappa shape index (κ3) is 5.81. The molecule has 1 N–H and O–H groups in total. The SMILES string of the molecule is O=C(COC(=O)CSc1nnc(-c2ccccc2)n1-c1ccccc1)Nc1ccc(F)cc1Cl. The van der Waals surface area contributed by atoms with E-state index in [1.807, 2.05) is 65.2 Å². The molecule has 0 aliphatic carbocycles. The first-order valence-electron chi connectivity index (χ1n) is 10.1. The first kappa shape index (κ1) is 23.5. The molecule has 3 aromatic carbocycles. The number of ether oxygens (including phenoxy) is 1. The summed E-state index contributed by atoms with van der Waals surface area (Å²) < 4.78 is 20.0. The number of nitrogens with one attached hydrogen (secondary N) is 1. The van der Waals surface area contributed by atoms with E-state index >= 15 is 0 Å². The second-order valence-corrected chi connectivity index (χ2v) is 8.31. The Bertz CT molecular complexity index is 1300. The number of hydrogen-bond acceptors (Lipinski definition) is 6. The number of hydrogen-bond donors (Lipinski definition) is 1. The van der Waals surface area contributed by atoms with Gasteiger partial charge in [-0.2, -0.15) is 0 Å². The summed E-state index contributed by atoms with van der Waals surface area (Å²) in [5.41, 5.74) is 1.95. The zero-order valence-electron chi connectivity index (χ0n) is 17.7. The molecule has 1 amide bonds. The Morgan fingerprint density at radius 2 is 1.71 bits per heavy atom. The second-order valence-electron chi connectivity index (χ2n) is 6.96. The van der Waals surface area contributed by atoms with E-state index in [1.165, 1.54) is 6.07 Å². The van der Waals surface area contributed by atoms with Crippen LogP contribution < -0.4 is 5.32 Å². The number of rotatable bonds is 8. The topological polar surface area (TPSA) is 86.1 Å². The third-order valence-electron chi connectivity index (χ3n) is 4.57. The quantitative estimate of drug-likeness (QED) is 0.273. The van der Waals surface area contributed by atoms with Gasteiger partial charge in [-0.15, -0.1) is 10.2 Å². The van der Waals surface area contributed by atoms with Gasteiger partial charge < -0.3 is 10.1 Å². The standard InChI is InChI=1S/C24H18ClFN4O3S/c25-19-13-17(26)11-12-20(19)27-21(31)14-33-22(32)15-34-24-29-28-23(16-7-3-1-4-8-16)30(24)18-9-5-2-6-10-18/h1-13H,14-15H2,(H,27,31). The highest BCUT2D eigenvalue weighted by Crippen LogP contribution is 2.28. The van der Waals surface area contributed by atoms with Crippen LogP contribution in [-0.2, 0) is 14.3 Å². The Morgan fingerprint density at radius 1 is 1.00 bits per heavy atom. The average Bonchev–Trinajstić information content (AvgIpc) is 3.28. The van der Waals surface area contributed by atoms with Crippen molar-refractivity contribution in [3.8, 4) is 17.1 Å².